The lowest BCUT2D eigenvalue weighted by molar-refractivity contribution is 0.215. The summed E-state index contributed by atoms with van der Waals surface area (Å²) in [4.78, 5) is 17.6. The molecule has 1 atom stereocenters. The standard InChI is InChI=1S/C21H20Br2ClN3O2/c1-4-12(3)29-20-13(8-15(24)10-17(20)23)11-25-27-19(5-2)26-18-7-6-14(22)9-16(18)21(27)28/h6-12H,4-5H2,1-3H3/t12-/m1/s1. The molecule has 3 rings (SSSR count). The molecule has 29 heavy (non-hydrogen) atoms. The summed E-state index contributed by atoms with van der Waals surface area (Å²) in [7, 11) is 0. The van der Waals surface area contributed by atoms with Crippen LogP contribution in [0.5, 0.6) is 5.75 Å². The maximum atomic E-state index is 13.0. The minimum atomic E-state index is -0.227. The molecular weight excluding hydrogens is 522 g/mol. The minimum absolute atomic E-state index is 0.0215. The first-order valence-corrected chi connectivity index (χ1v) is 11.2. The van der Waals surface area contributed by atoms with Crippen LogP contribution in [0.3, 0.4) is 0 Å². The van der Waals surface area contributed by atoms with Crippen molar-refractivity contribution in [3.05, 3.63) is 66.0 Å². The lowest BCUT2D eigenvalue weighted by atomic mass is 10.2. The molecule has 0 spiro atoms. The molecule has 1 aromatic heterocycles. The van der Waals surface area contributed by atoms with Crippen LogP contribution in [-0.4, -0.2) is 22.0 Å². The highest BCUT2D eigenvalue weighted by Crippen LogP contribution is 2.33. The van der Waals surface area contributed by atoms with Crippen molar-refractivity contribution < 1.29 is 4.74 Å². The second kappa shape index (κ2) is 9.41. The van der Waals surface area contributed by atoms with Gasteiger partial charge in [0.1, 0.15) is 11.6 Å². The van der Waals surface area contributed by atoms with Crippen molar-refractivity contribution in [2.24, 2.45) is 5.10 Å². The Bertz CT molecular complexity index is 1140. The Hall–Kier alpha value is -1.70. The Morgan fingerprint density at radius 2 is 2.03 bits per heavy atom. The number of halogens is 3. The van der Waals surface area contributed by atoms with Crippen molar-refractivity contribution in [3.8, 4) is 5.75 Å². The summed E-state index contributed by atoms with van der Waals surface area (Å²) in [5.74, 6) is 1.21. The summed E-state index contributed by atoms with van der Waals surface area (Å²) in [6, 6.07) is 8.97. The van der Waals surface area contributed by atoms with Gasteiger partial charge in [0.15, 0.2) is 0 Å². The van der Waals surface area contributed by atoms with E-state index in [-0.39, 0.29) is 11.7 Å². The van der Waals surface area contributed by atoms with Crippen molar-refractivity contribution in [1.82, 2.24) is 9.66 Å². The Morgan fingerprint density at radius 1 is 1.28 bits per heavy atom. The highest BCUT2D eigenvalue weighted by atomic mass is 79.9. The third-order valence-electron chi connectivity index (χ3n) is 4.43. The van der Waals surface area contributed by atoms with Crippen LogP contribution in [0.2, 0.25) is 5.02 Å². The molecule has 0 saturated heterocycles. The number of aryl methyl sites for hydroxylation is 1. The first kappa shape index (κ1) is 22.0. The zero-order valence-corrected chi connectivity index (χ0v) is 20.2. The van der Waals surface area contributed by atoms with Gasteiger partial charge in [-0.25, -0.2) is 4.98 Å². The Morgan fingerprint density at radius 3 is 2.72 bits per heavy atom. The second-order valence-corrected chi connectivity index (χ2v) is 8.75. The lowest BCUT2D eigenvalue weighted by Gasteiger charge is -2.16. The van der Waals surface area contributed by atoms with Gasteiger partial charge in [-0.1, -0.05) is 41.4 Å². The van der Waals surface area contributed by atoms with Gasteiger partial charge in [-0.2, -0.15) is 9.78 Å². The molecule has 1 heterocycles. The van der Waals surface area contributed by atoms with Crippen LogP contribution in [0, 0.1) is 0 Å². The normalized spacial score (nSPS) is 12.6. The first-order valence-electron chi connectivity index (χ1n) is 9.25. The first-order chi connectivity index (χ1) is 13.8. The van der Waals surface area contributed by atoms with Gasteiger partial charge in [-0.15, -0.1) is 0 Å². The maximum Gasteiger partial charge on any atom is 0.282 e. The summed E-state index contributed by atoms with van der Waals surface area (Å²) in [5, 5.41) is 5.48. The van der Waals surface area contributed by atoms with Crippen LogP contribution in [0.4, 0.5) is 0 Å². The van der Waals surface area contributed by atoms with E-state index in [0.717, 1.165) is 15.4 Å². The van der Waals surface area contributed by atoms with E-state index in [9.17, 15) is 4.79 Å². The SMILES string of the molecule is CCc1nc2ccc(Br)cc2c(=O)n1N=Cc1cc(Cl)cc(Br)c1O[C@H](C)CC. The number of ether oxygens (including phenoxy) is 1. The number of nitrogens with zero attached hydrogens (tertiary/aromatic N) is 3. The molecule has 5 nitrogen and oxygen atoms in total. The van der Waals surface area contributed by atoms with E-state index in [1.807, 2.05) is 32.9 Å². The minimum Gasteiger partial charge on any atom is -0.489 e. The van der Waals surface area contributed by atoms with E-state index in [0.29, 0.717) is 39.5 Å². The van der Waals surface area contributed by atoms with Gasteiger partial charge in [0.05, 0.1) is 27.7 Å². The van der Waals surface area contributed by atoms with Crippen molar-refractivity contribution >= 4 is 60.6 Å². The highest BCUT2D eigenvalue weighted by Gasteiger charge is 2.13. The zero-order chi connectivity index (χ0) is 21.1. The molecular formula is C21H20Br2ClN3O2. The van der Waals surface area contributed by atoms with E-state index >= 15 is 0 Å². The molecule has 0 saturated carbocycles. The van der Waals surface area contributed by atoms with Gasteiger partial charge in [0.25, 0.3) is 5.56 Å². The molecule has 2 aromatic carbocycles. The largest absolute Gasteiger partial charge is 0.489 e. The molecule has 0 bridgehead atoms. The monoisotopic (exact) mass is 539 g/mol. The van der Waals surface area contributed by atoms with Crippen molar-refractivity contribution in [2.45, 2.75) is 39.7 Å². The van der Waals surface area contributed by atoms with Gasteiger partial charge < -0.3 is 4.74 Å². The molecule has 0 aliphatic carbocycles. The quantitative estimate of drug-likeness (QED) is 0.350. The van der Waals surface area contributed by atoms with E-state index in [1.54, 1.807) is 24.4 Å². The lowest BCUT2D eigenvalue weighted by Crippen LogP contribution is -2.22. The van der Waals surface area contributed by atoms with Gasteiger partial charge in [-0.05, 0) is 59.6 Å². The van der Waals surface area contributed by atoms with Crippen molar-refractivity contribution in [1.29, 1.82) is 0 Å². The van der Waals surface area contributed by atoms with Crippen LogP contribution in [0.15, 0.2) is 49.2 Å². The predicted molar refractivity (Wildman–Crippen MR) is 126 cm³/mol. The zero-order valence-electron chi connectivity index (χ0n) is 16.2. The number of hydrogen-bond acceptors (Lipinski definition) is 4. The average molecular weight is 542 g/mol. The molecule has 0 amide bonds. The molecule has 3 aromatic rings. The Kier molecular flexibility index (Phi) is 7.14. The van der Waals surface area contributed by atoms with Crippen molar-refractivity contribution in [2.75, 3.05) is 0 Å². The maximum absolute atomic E-state index is 13.0. The van der Waals surface area contributed by atoms with Crippen LogP contribution >= 0.6 is 43.5 Å². The third-order valence-corrected chi connectivity index (χ3v) is 5.74. The van der Waals surface area contributed by atoms with E-state index in [1.165, 1.54) is 4.68 Å². The number of rotatable bonds is 6. The molecule has 0 unspecified atom stereocenters. The fraction of sp³-hybridized carbons (Fsp3) is 0.286. The van der Waals surface area contributed by atoms with E-state index in [4.69, 9.17) is 16.3 Å². The van der Waals surface area contributed by atoms with Crippen LogP contribution < -0.4 is 10.3 Å². The fourth-order valence-corrected chi connectivity index (χ4v) is 4.04. The van der Waals surface area contributed by atoms with Gasteiger partial charge in [-0.3, -0.25) is 4.79 Å². The smallest absolute Gasteiger partial charge is 0.282 e. The molecule has 0 radical (unpaired) electrons. The number of benzene rings is 2. The molecule has 0 fully saturated rings. The number of aromatic nitrogens is 2. The second-order valence-electron chi connectivity index (χ2n) is 6.55. The van der Waals surface area contributed by atoms with Gasteiger partial charge in [0, 0.05) is 21.5 Å². The molecule has 0 N–H and O–H groups in total. The average Bonchev–Trinajstić information content (AvgIpc) is 2.69. The summed E-state index contributed by atoms with van der Waals surface area (Å²) >= 11 is 13.1. The predicted octanol–water partition coefficient (Wildman–Crippen LogP) is 6.20. The topological polar surface area (TPSA) is 56.5 Å². The Balaban J connectivity index is 2.14. The Labute approximate surface area is 191 Å². The van der Waals surface area contributed by atoms with Gasteiger partial charge >= 0.3 is 0 Å². The molecule has 152 valence electrons. The van der Waals surface area contributed by atoms with E-state index in [2.05, 4.69) is 41.9 Å². The van der Waals surface area contributed by atoms with Crippen LogP contribution in [-0.2, 0) is 6.42 Å². The number of hydrogen-bond donors (Lipinski definition) is 0. The molecule has 0 aliphatic heterocycles. The highest BCUT2D eigenvalue weighted by molar-refractivity contribution is 9.10. The van der Waals surface area contributed by atoms with Gasteiger partial charge in [0.2, 0.25) is 0 Å². The summed E-state index contributed by atoms with van der Waals surface area (Å²) in [6.45, 7) is 5.98. The van der Waals surface area contributed by atoms with E-state index < -0.39 is 0 Å². The summed E-state index contributed by atoms with van der Waals surface area (Å²) < 4.78 is 8.91. The summed E-state index contributed by atoms with van der Waals surface area (Å²) in [6.07, 6.45) is 3.02. The fourth-order valence-electron chi connectivity index (χ4n) is 2.75. The molecule has 0 aliphatic rings. The summed E-state index contributed by atoms with van der Waals surface area (Å²) in [5.41, 5.74) is 1.09. The van der Waals surface area contributed by atoms with Crippen LogP contribution in [0.1, 0.15) is 38.6 Å². The van der Waals surface area contributed by atoms with Crippen molar-refractivity contribution in [3.63, 3.8) is 0 Å². The third kappa shape index (κ3) is 4.90. The number of fused-ring (bicyclic) bond motifs is 1. The van der Waals surface area contributed by atoms with Crippen LogP contribution in [0.25, 0.3) is 10.9 Å². The molecule has 8 heteroatoms.